The molecule has 1 aromatic heterocycles. The largest absolute Gasteiger partial charge is 0.443 e. The summed E-state index contributed by atoms with van der Waals surface area (Å²) in [6.45, 7) is 2.39. The van der Waals surface area contributed by atoms with Crippen LogP contribution in [0.2, 0.25) is 0 Å². The predicted molar refractivity (Wildman–Crippen MR) is 64.5 cm³/mol. The molecule has 1 N–H and O–H groups in total. The summed E-state index contributed by atoms with van der Waals surface area (Å²) in [5, 5.41) is 2.46. The first kappa shape index (κ1) is 13.8. The molecule has 0 aromatic carbocycles. The van der Waals surface area contributed by atoms with E-state index in [2.05, 4.69) is 15.2 Å². The molecule has 1 aliphatic heterocycles. The van der Waals surface area contributed by atoms with Crippen LogP contribution in [0.25, 0.3) is 0 Å². The molecule has 7 heteroatoms. The third-order valence-electron chi connectivity index (χ3n) is 3.09. The van der Waals surface area contributed by atoms with Crippen molar-refractivity contribution in [2.45, 2.75) is 31.6 Å². The van der Waals surface area contributed by atoms with Crippen molar-refractivity contribution < 1.29 is 13.2 Å². The minimum atomic E-state index is -4.32. The van der Waals surface area contributed by atoms with Gasteiger partial charge in [-0.15, -0.1) is 11.3 Å². The van der Waals surface area contributed by atoms with E-state index in [4.69, 9.17) is 0 Å². The van der Waals surface area contributed by atoms with E-state index in [0.717, 1.165) is 37.3 Å². The number of rotatable bonds is 3. The summed E-state index contributed by atoms with van der Waals surface area (Å²) in [5.74, 6) is 0. The number of hydrogen-bond acceptors (Lipinski definition) is 4. The Morgan fingerprint density at radius 3 is 2.94 bits per heavy atom. The first-order valence-electron chi connectivity index (χ1n) is 5.90. The summed E-state index contributed by atoms with van der Waals surface area (Å²) in [6.07, 6.45) is -0.769. The van der Waals surface area contributed by atoms with Gasteiger partial charge in [-0.2, -0.15) is 13.2 Å². The normalized spacial score (nSPS) is 22.3. The first-order valence-corrected chi connectivity index (χ1v) is 6.72. The van der Waals surface area contributed by atoms with Crippen LogP contribution in [0.5, 0.6) is 0 Å². The van der Waals surface area contributed by atoms with Crippen LogP contribution in [0, 0.1) is 0 Å². The number of likely N-dealkylation sites (tertiary alicyclic amines) is 1. The monoisotopic (exact) mass is 279 g/mol. The predicted octanol–water partition coefficient (Wildman–Crippen LogP) is 2.35. The van der Waals surface area contributed by atoms with Gasteiger partial charge in [0.15, 0.2) is 5.01 Å². The topological polar surface area (TPSA) is 28.2 Å². The number of nitrogens with zero attached hydrogens (tertiary/aromatic N) is 2. The maximum Gasteiger partial charge on any atom is 0.443 e. The summed E-state index contributed by atoms with van der Waals surface area (Å²) in [4.78, 5) is 6.30. The number of halogens is 3. The zero-order valence-electron chi connectivity index (χ0n) is 10.1. The van der Waals surface area contributed by atoms with E-state index in [1.165, 1.54) is 6.20 Å². The second kappa shape index (κ2) is 5.54. The third kappa shape index (κ3) is 3.43. The molecule has 2 rings (SSSR count). The molecule has 0 spiro atoms. The maximum absolute atomic E-state index is 12.4. The standard InChI is InChI=1S/C11H16F3N3S/c1-15-8-3-2-4-17(6-8)7-9-5-16-10(18-9)11(12,13)14/h5,8,15H,2-4,6-7H2,1H3. The Morgan fingerprint density at radius 2 is 2.33 bits per heavy atom. The highest BCUT2D eigenvalue weighted by atomic mass is 32.1. The van der Waals surface area contributed by atoms with Crippen LogP contribution in [0.1, 0.15) is 22.7 Å². The van der Waals surface area contributed by atoms with E-state index in [-0.39, 0.29) is 0 Å². The quantitative estimate of drug-likeness (QED) is 0.920. The molecule has 18 heavy (non-hydrogen) atoms. The molecule has 0 bridgehead atoms. The van der Waals surface area contributed by atoms with Crippen molar-refractivity contribution in [2.75, 3.05) is 20.1 Å². The number of hydrogen-bond donors (Lipinski definition) is 1. The molecular formula is C11H16F3N3S. The van der Waals surface area contributed by atoms with Crippen LogP contribution in [-0.2, 0) is 12.7 Å². The molecule has 1 atom stereocenters. The van der Waals surface area contributed by atoms with Gasteiger partial charge in [-0.1, -0.05) is 0 Å². The van der Waals surface area contributed by atoms with E-state index in [1.807, 2.05) is 7.05 Å². The Kier molecular flexibility index (Phi) is 4.24. The van der Waals surface area contributed by atoms with Crippen LogP contribution in [0.4, 0.5) is 13.2 Å². The molecule has 0 radical (unpaired) electrons. The Morgan fingerprint density at radius 1 is 1.56 bits per heavy atom. The second-order valence-electron chi connectivity index (χ2n) is 4.49. The van der Waals surface area contributed by atoms with Crippen molar-refractivity contribution in [1.29, 1.82) is 0 Å². The Balaban J connectivity index is 1.95. The lowest BCUT2D eigenvalue weighted by Gasteiger charge is -2.32. The zero-order valence-corrected chi connectivity index (χ0v) is 10.9. The molecule has 1 aliphatic rings. The Labute approximate surface area is 108 Å². The average Bonchev–Trinajstić information content (AvgIpc) is 2.77. The summed E-state index contributed by atoms with van der Waals surface area (Å²) < 4.78 is 37.3. The van der Waals surface area contributed by atoms with Crippen molar-refractivity contribution in [3.05, 3.63) is 16.1 Å². The highest BCUT2D eigenvalue weighted by Crippen LogP contribution is 2.32. The molecule has 2 heterocycles. The fraction of sp³-hybridized carbons (Fsp3) is 0.727. The summed E-state index contributed by atoms with van der Waals surface area (Å²) in [7, 11) is 1.92. The molecule has 0 saturated carbocycles. The van der Waals surface area contributed by atoms with Crippen molar-refractivity contribution in [2.24, 2.45) is 0 Å². The van der Waals surface area contributed by atoms with Crippen LogP contribution in [-0.4, -0.2) is 36.1 Å². The van der Waals surface area contributed by atoms with Gasteiger partial charge in [0.25, 0.3) is 0 Å². The van der Waals surface area contributed by atoms with E-state index < -0.39 is 11.2 Å². The summed E-state index contributed by atoms with van der Waals surface area (Å²) in [5.41, 5.74) is 0. The molecule has 1 aromatic rings. The Hall–Kier alpha value is -0.660. The molecule has 102 valence electrons. The highest BCUT2D eigenvalue weighted by molar-refractivity contribution is 7.11. The van der Waals surface area contributed by atoms with Crippen LogP contribution < -0.4 is 5.32 Å². The lowest BCUT2D eigenvalue weighted by atomic mass is 10.1. The fourth-order valence-corrected chi connectivity index (χ4v) is 2.99. The fourth-order valence-electron chi connectivity index (χ4n) is 2.17. The molecule has 1 saturated heterocycles. The smallest absolute Gasteiger partial charge is 0.316 e. The van der Waals surface area contributed by atoms with Gasteiger partial charge in [0.1, 0.15) is 0 Å². The number of aromatic nitrogens is 1. The lowest BCUT2D eigenvalue weighted by Crippen LogP contribution is -2.43. The molecule has 0 amide bonds. The average molecular weight is 279 g/mol. The van der Waals surface area contributed by atoms with Crippen LogP contribution in [0.3, 0.4) is 0 Å². The van der Waals surface area contributed by atoms with Crippen molar-refractivity contribution >= 4 is 11.3 Å². The highest BCUT2D eigenvalue weighted by Gasteiger charge is 2.34. The van der Waals surface area contributed by atoms with E-state index in [1.54, 1.807) is 0 Å². The van der Waals surface area contributed by atoms with Crippen LogP contribution in [0.15, 0.2) is 6.20 Å². The molecule has 1 unspecified atom stereocenters. The van der Waals surface area contributed by atoms with Gasteiger partial charge in [-0.25, -0.2) is 4.98 Å². The minimum absolute atomic E-state index is 0.439. The molecular weight excluding hydrogens is 263 g/mol. The Bertz CT molecular complexity index is 391. The van der Waals surface area contributed by atoms with E-state index in [9.17, 15) is 13.2 Å². The van der Waals surface area contributed by atoms with Crippen LogP contribution >= 0.6 is 11.3 Å². The zero-order chi connectivity index (χ0) is 13.2. The first-order chi connectivity index (χ1) is 8.49. The SMILES string of the molecule is CNC1CCCN(Cc2cnc(C(F)(F)F)s2)C1. The number of alkyl halides is 3. The van der Waals surface area contributed by atoms with Gasteiger partial charge in [0.2, 0.25) is 0 Å². The maximum atomic E-state index is 12.4. The second-order valence-corrected chi connectivity index (χ2v) is 5.61. The van der Waals surface area contributed by atoms with Gasteiger partial charge in [-0.3, -0.25) is 4.90 Å². The van der Waals surface area contributed by atoms with Gasteiger partial charge in [0, 0.05) is 30.2 Å². The summed E-state index contributed by atoms with van der Waals surface area (Å²) in [6, 6.07) is 0.439. The van der Waals surface area contributed by atoms with Gasteiger partial charge in [0.05, 0.1) is 0 Å². The van der Waals surface area contributed by atoms with Gasteiger partial charge >= 0.3 is 6.18 Å². The number of piperidine rings is 1. The van der Waals surface area contributed by atoms with Crippen molar-refractivity contribution in [3.63, 3.8) is 0 Å². The van der Waals surface area contributed by atoms with Gasteiger partial charge < -0.3 is 5.32 Å². The van der Waals surface area contributed by atoms with E-state index in [0.29, 0.717) is 17.5 Å². The molecule has 0 aliphatic carbocycles. The van der Waals surface area contributed by atoms with Gasteiger partial charge in [-0.05, 0) is 26.4 Å². The minimum Gasteiger partial charge on any atom is -0.316 e. The van der Waals surface area contributed by atoms with Crippen molar-refractivity contribution in [1.82, 2.24) is 15.2 Å². The summed E-state index contributed by atoms with van der Waals surface area (Å²) >= 11 is 0.744. The number of nitrogens with one attached hydrogen (secondary N) is 1. The van der Waals surface area contributed by atoms with E-state index >= 15 is 0 Å². The van der Waals surface area contributed by atoms with Crippen molar-refractivity contribution in [3.8, 4) is 0 Å². The third-order valence-corrected chi connectivity index (χ3v) is 4.12. The molecule has 3 nitrogen and oxygen atoms in total. The molecule has 1 fully saturated rings. The lowest BCUT2D eigenvalue weighted by molar-refractivity contribution is -0.137. The number of likely N-dealkylation sites (N-methyl/N-ethyl adjacent to an activating group) is 1. The number of thiazole rings is 1.